The third-order valence-corrected chi connectivity index (χ3v) is 16.7. The quantitative estimate of drug-likeness (QED) is 0.0417. The predicted octanol–water partition coefficient (Wildman–Crippen LogP) is 22.2. The number of aliphatic hydroxyl groups excluding tert-OH is 2. The number of hydrogen-bond acceptors (Lipinski definition) is 5. The average molecular weight is 1060 g/mol. The fraction of sp³-hybridized carbons (Fsp3) is 0.971. The molecule has 0 aromatic rings. The van der Waals surface area contributed by atoms with Crippen LogP contribution in [0.4, 0.5) is 0 Å². The standard InChI is InChI=1S/C69H137NO5/c1-3-5-7-9-11-13-15-17-19-20-21-22-23-24-25-28-31-34-37-41-45-49-53-57-61-67(72)66(65-71)70-68(73)62-58-54-50-46-42-38-35-32-29-26-27-30-33-36-40-44-48-52-56-60-64-75-69(74)63-59-55-51-47-43-39-18-16-14-12-10-8-6-4-2/h66-67,71-72H,3-65H2,1-2H3,(H,70,73). The van der Waals surface area contributed by atoms with Crippen molar-refractivity contribution in [3.05, 3.63) is 0 Å². The van der Waals surface area contributed by atoms with E-state index in [0.29, 0.717) is 25.9 Å². The molecule has 0 fully saturated rings. The topological polar surface area (TPSA) is 95.9 Å². The van der Waals surface area contributed by atoms with Gasteiger partial charge in [-0.15, -0.1) is 0 Å². The van der Waals surface area contributed by atoms with Crippen LogP contribution in [0.15, 0.2) is 0 Å². The van der Waals surface area contributed by atoms with Gasteiger partial charge in [-0.25, -0.2) is 0 Å². The van der Waals surface area contributed by atoms with Gasteiger partial charge in [-0.05, 0) is 25.7 Å². The summed E-state index contributed by atoms with van der Waals surface area (Å²) in [6, 6.07) is -0.543. The van der Waals surface area contributed by atoms with Crippen molar-refractivity contribution >= 4 is 11.9 Å². The molecule has 0 radical (unpaired) electrons. The van der Waals surface area contributed by atoms with Crippen molar-refractivity contribution in [1.29, 1.82) is 0 Å². The summed E-state index contributed by atoms with van der Waals surface area (Å²) in [7, 11) is 0. The lowest BCUT2D eigenvalue weighted by atomic mass is 10.0. The Kier molecular flexibility index (Phi) is 64.4. The maximum Gasteiger partial charge on any atom is 0.305 e. The summed E-state index contributed by atoms with van der Waals surface area (Å²) < 4.78 is 5.49. The number of hydrogen-bond donors (Lipinski definition) is 3. The van der Waals surface area contributed by atoms with Crippen LogP contribution in [0, 0.1) is 0 Å². The monoisotopic (exact) mass is 1060 g/mol. The molecule has 75 heavy (non-hydrogen) atoms. The Morgan fingerprint density at radius 3 is 0.813 bits per heavy atom. The van der Waals surface area contributed by atoms with Gasteiger partial charge in [0.05, 0.1) is 25.4 Å². The molecule has 2 unspecified atom stereocenters. The zero-order valence-corrected chi connectivity index (χ0v) is 51.3. The van der Waals surface area contributed by atoms with Gasteiger partial charge in [0.25, 0.3) is 0 Å². The fourth-order valence-electron chi connectivity index (χ4n) is 11.4. The molecule has 3 N–H and O–H groups in total. The number of carbonyl (C=O) groups is 2. The number of unbranched alkanes of at least 4 members (excludes halogenated alkanes) is 55. The molecule has 0 saturated carbocycles. The molecule has 0 aliphatic heterocycles. The highest BCUT2D eigenvalue weighted by molar-refractivity contribution is 5.76. The second kappa shape index (κ2) is 65.4. The second-order valence-corrected chi connectivity index (χ2v) is 24.2. The Labute approximate surface area is 470 Å². The van der Waals surface area contributed by atoms with Crippen molar-refractivity contribution in [2.24, 2.45) is 0 Å². The average Bonchev–Trinajstić information content (AvgIpc) is 3.41. The molecule has 0 spiro atoms. The number of carbonyl (C=O) groups excluding carboxylic acids is 2. The van der Waals surface area contributed by atoms with Crippen LogP contribution in [-0.2, 0) is 14.3 Å². The Bertz CT molecular complexity index is 1080. The molecule has 0 bridgehead atoms. The minimum Gasteiger partial charge on any atom is -0.466 e. The molecule has 0 heterocycles. The van der Waals surface area contributed by atoms with Crippen molar-refractivity contribution in [3.63, 3.8) is 0 Å². The molecule has 0 aromatic heterocycles. The zero-order valence-electron chi connectivity index (χ0n) is 51.3. The van der Waals surface area contributed by atoms with E-state index in [4.69, 9.17) is 4.74 Å². The van der Waals surface area contributed by atoms with Crippen molar-refractivity contribution in [3.8, 4) is 0 Å². The lowest BCUT2D eigenvalue weighted by Gasteiger charge is -2.22. The van der Waals surface area contributed by atoms with E-state index >= 15 is 0 Å². The van der Waals surface area contributed by atoms with Crippen molar-refractivity contribution in [2.45, 2.75) is 418 Å². The molecule has 6 heteroatoms. The smallest absolute Gasteiger partial charge is 0.305 e. The van der Waals surface area contributed by atoms with E-state index in [1.807, 2.05) is 0 Å². The van der Waals surface area contributed by atoms with Crippen LogP contribution in [0.2, 0.25) is 0 Å². The first kappa shape index (κ1) is 73.9. The number of nitrogens with one attached hydrogen (secondary N) is 1. The van der Waals surface area contributed by atoms with Gasteiger partial charge in [0.15, 0.2) is 0 Å². The Hall–Kier alpha value is -1.14. The minimum atomic E-state index is -0.666. The molecule has 448 valence electrons. The summed E-state index contributed by atoms with van der Waals surface area (Å²) in [5.41, 5.74) is 0. The summed E-state index contributed by atoms with van der Waals surface area (Å²) in [5.74, 6) is -0.0164. The van der Waals surface area contributed by atoms with E-state index in [0.717, 1.165) is 38.5 Å². The van der Waals surface area contributed by atoms with Crippen LogP contribution in [0.1, 0.15) is 406 Å². The first-order chi connectivity index (χ1) is 37.0. The van der Waals surface area contributed by atoms with E-state index in [2.05, 4.69) is 19.2 Å². The number of esters is 1. The SMILES string of the molecule is CCCCCCCCCCCCCCCCCCCCCCCCCCC(O)C(CO)NC(=O)CCCCCCCCCCCCCCCCCCCCCCOC(=O)CCCCCCCCCCCCCCCC. The van der Waals surface area contributed by atoms with E-state index in [1.54, 1.807) is 0 Å². The van der Waals surface area contributed by atoms with Gasteiger partial charge in [-0.1, -0.05) is 367 Å². The highest BCUT2D eigenvalue weighted by Gasteiger charge is 2.20. The maximum absolute atomic E-state index is 12.6. The van der Waals surface area contributed by atoms with Crippen molar-refractivity contribution in [1.82, 2.24) is 5.32 Å². The normalized spacial score (nSPS) is 12.4. The Morgan fingerprint density at radius 1 is 0.320 bits per heavy atom. The molecule has 0 aliphatic rings. The summed E-state index contributed by atoms with van der Waals surface area (Å²) >= 11 is 0. The molecule has 0 aliphatic carbocycles. The molecule has 6 nitrogen and oxygen atoms in total. The molecular formula is C69H137NO5. The van der Waals surface area contributed by atoms with E-state index in [-0.39, 0.29) is 18.5 Å². The van der Waals surface area contributed by atoms with Crippen LogP contribution < -0.4 is 5.32 Å². The van der Waals surface area contributed by atoms with E-state index in [9.17, 15) is 19.8 Å². The maximum atomic E-state index is 12.6. The van der Waals surface area contributed by atoms with Crippen molar-refractivity contribution < 1.29 is 24.5 Å². The van der Waals surface area contributed by atoms with Gasteiger partial charge in [-0.3, -0.25) is 9.59 Å². The Morgan fingerprint density at radius 2 is 0.547 bits per heavy atom. The fourth-order valence-corrected chi connectivity index (χ4v) is 11.4. The molecule has 1 amide bonds. The lowest BCUT2D eigenvalue weighted by Crippen LogP contribution is -2.45. The van der Waals surface area contributed by atoms with Gasteiger partial charge in [-0.2, -0.15) is 0 Å². The second-order valence-electron chi connectivity index (χ2n) is 24.2. The van der Waals surface area contributed by atoms with E-state index in [1.165, 1.54) is 334 Å². The number of rotatable bonds is 66. The van der Waals surface area contributed by atoms with Gasteiger partial charge >= 0.3 is 5.97 Å². The summed E-state index contributed by atoms with van der Waals surface area (Å²) in [6.45, 7) is 5.00. The zero-order chi connectivity index (χ0) is 54.3. The van der Waals surface area contributed by atoms with Crippen LogP contribution in [0.5, 0.6) is 0 Å². The van der Waals surface area contributed by atoms with E-state index < -0.39 is 12.1 Å². The first-order valence-corrected chi connectivity index (χ1v) is 34.8. The summed E-state index contributed by atoms with van der Waals surface area (Å²) in [5, 5.41) is 23.4. The molecule has 0 saturated heterocycles. The highest BCUT2D eigenvalue weighted by atomic mass is 16.5. The van der Waals surface area contributed by atoms with Crippen LogP contribution in [0.25, 0.3) is 0 Å². The van der Waals surface area contributed by atoms with Crippen molar-refractivity contribution in [2.75, 3.05) is 13.2 Å². The first-order valence-electron chi connectivity index (χ1n) is 34.8. The van der Waals surface area contributed by atoms with Gasteiger partial charge < -0.3 is 20.3 Å². The summed E-state index contributed by atoms with van der Waals surface area (Å²) in [4.78, 5) is 24.6. The Balaban J connectivity index is 3.38. The third kappa shape index (κ3) is 61.9. The van der Waals surface area contributed by atoms with Crippen LogP contribution in [-0.4, -0.2) is 47.4 Å². The van der Waals surface area contributed by atoms with Gasteiger partial charge in [0, 0.05) is 12.8 Å². The van der Waals surface area contributed by atoms with Gasteiger partial charge in [0.1, 0.15) is 0 Å². The predicted molar refractivity (Wildman–Crippen MR) is 329 cm³/mol. The van der Waals surface area contributed by atoms with Crippen LogP contribution >= 0.6 is 0 Å². The number of aliphatic hydroxyl groups is 2. The highest BCUT2D eigenvalue weighted by Crippen LogP contribution is 2.19. The summed E-state index contributed by atoms with van der Waals surface area (Å²) in [6.07, 6.45) is 78.5. The third-order valence-electron chi connectivity index (χ3n) is 16.7. The lowest BCUT2D eigenvalue weighted by molar-refractivity contribution is -0.143. The molecular weight excluding hydrogens is 923 g/mol. The number of amides is 1. The van der Waals surface area contributed by atoms with Gasteiger partial charge in [0.2, 0.25) is 5.91 Å². The number of ether oxygens (including phenoxy) is 1. The van der Waals surface area contributed by atoms with Crippen LogP contribution in [0.3, 0.4) is 0 Å². The molecule has 2 atom stereocenters. The molecule has 0 aromatic carbocycles. The largest absolute Gasteiger partial charge is 0.466 e. The molecule has 0 rings (SSSR count). The minimum absolute atomic E-state index is 0.0145.